The molecule has 1 nitrogen and oxygen atoms in total. The standard InChI is InChI=1S/C14H20OSi/c1-6-13(16(3,4)5)14(15-2)12-10-8-7-9-11-12/h7-11,14H,1H2,2-5H3. The van der Waals surface area contributed by atoms with Crippen LogP contribution in [0, 0.1) is 0 Å². The van der Waals surface area contributed by atoms with Gasteiger partial charge in [0.2, 0.25) is 0 Å². The van der Waals surface area contributed by atoms with Crippen LogP contribution >= 0.6 is 0 Å². The smallest absolute Gasteiger partial charge is 0.107 e. The lowest BCUT2D eigenvalue weighted by atomic mass is 10.1. The van der Waals surface area contributed by atoms with Crippen LogP contribution in [0.5, 0.6) is 0 Å². The molecule has 1 aromatic rings. The van der Waals surface area contributed by atoms with Gasteiger partial charge in [0, 0.05) is 7.11 Å². The van der Waals surface area contributed by atoms with E-state index in [4.69, 9.17) is 4.74 Å². The lowest BCUT2D eigenvalue weighted by Crippen LogP contribution is -2.28. The van der Waals surface area contributed by atoms with Crippen LogP contribution in [-0.2, 0) is 4.74 Å². The fourth-order valence-corrected chi connectivity index (χ4v) is 3.40. The van der Waals surface area contributed by atoms with Crippen LogP contribution in [0.4, 0.5) is 0 Å². The Morgan fingerprint density at radius 2 is 1.81 bits per heavy atom. The third kappa shape index (κ3) is 2.95. The van der Waals surface area contributed by atoms with Gasteiger partial charge in [0.05, 0.1) is 8.07 Å². The van der Waals surface area contributed by atoms with Crippen molar-refractivity contribution in [3.8, 4) is 0 Å². The third-order valence-electron chi connectivity index (χ3n) is 2.60. The SMILES string of the molecule is C=C=C(C(OC)c1ccccc1)[Si](C)(C)C. The Hall–Kier alpha value is -1.08. The molecule has 1 rings (SSSR count). The van der Waals surface area contributed by atoms with Gasteiger partial charge in [-0.2, -0.15) is 0 Å². The van der Waals surface area contributed by atoms with Gasteiger partial charge < -0.3 is 4.74 Å². The minimum Gasteiger partial charge on any atom is -0.372 e. The van der Waals surface area contributed by atoms with E-state index >= 15 is 0 Å². The van der Waals surface area contributed by atoms with Crippen molar-refractivity contribution in [1.29, 1.82) is 0 Å². The maximum absolute atomic E-state index is 5.61. The Labute approximate surface area is 99.5 Å². The van der Waals surface area contributed by atoms with Crippen LogP contribution in [0.15, 0.2) is 47.8 Å². The molecule has 0 aliphatic rings. The summed E-state index contributed by atoms with van der Waals surface area (Å²) in [5.74, 6) is 0. The molecule has 0 fully saturated rings. The number of methoxy groups -OCH3 is 1. The Balaban J connectivity index is 3.13. The van der Waals surface area contributed by atoms with Gasteiger partial charge in [0.1, 0.15) is 6.10 Å². The molecule has 0 bridgehead atoms. The Bertz CT molecular complexity index is 383. The first-order valence-electron chi connectivity index (χ1n) is 5.49. The average molecular weight is 232 g/mol. The zero-order chi connectivity index (χ0) is 12.2. The second kappa shape index (κ2) is 5.31. The van der Waals surface area contributed by atoms with Gasteiger partial charge in [-0.3, -0.25) is 0 Å². The number of hydrogen-bond donors (Lipinski definition) is 0. The van der Waals surface area contributed by atoms with Crippen molar-refractivity contribution in [2.45, 2.75) is 25.7 Å². The molecule has 86 valence electrons. The van der Waals surface area contributed by atoms with E-state index in [1.54, 1.807) is 7.11 Å². The summed E-state index contributed by atoms with van der Waals surface area (Å²) < 4.78 is 5.61. The molecule has 16 heavy (non-hydrogen) atoms. The highest BCUT2D eigenvalue weighted by Crippen LogP contribution is 2.30. The van der Waals surface area contributed by atoms with Crippen molar-refractivity contribution in [3.63, 3.8) is 0 Å². The van der Waals surface area contributed by atoms with Crippen molar-refractivity contribution < 1.29 is 4.74 Å². The quantitative estimate of drug-likeness (QED) is 0.564. The number of benzene rings is 1. The first-order chi connectivity index (χ1) is 7.50. The monoisotopic (exact) mass is 232 g/mol. The van der Waals surface area contributed by atoms with E-state index in [1.165, 1.54) is 10.8 Å². The van der Waals surface area contributed by atoms with Crippen LogP contribution in [0.1, 0.15) is 11.7 Å². The normalized spacial score (nSPS) is 13.0. The molecule has 0 saturated heterocycles. The molecular weight excluding hydrogens is 212 g/mol. The Morgan fingerprint density at radius 1 is 1.25 bits per heavy atom. The maximum atomic E-state index is 5.61. The highest BCUT2D eigenvalue weighted by Gasteiger charge is 2.27. The Morgan fingerprint density at radius 3 is 2.19 bits per heavy atom. The van der Waals surface area contributed by atoms with Crippen molar-refractivity contribution in [1.82, 2.24) is 0 Å². The molecule has 0 spiro atoms. The lowest BCUT2D eigenvalue weighted by Gasteiger charge is -2.26. The van der Waals surface area contributed by atoms with Gasteiger partial charge in [-0.15, -0.1) is 5.73 Å². The molecule has 0 aliphatic carbocycles. The van der Waals surface area contributed by atoms with E-state index in [0.29, 0.717) is 0 Å². The summed E-state index contributed by atoms with van der Waals surface area (Å²) >= 11 is 0. The van der Waals surface area contributed by atoms with E-state index in [9.17, 15) is 0 Å². The highest BCUT2D eigenvalue weighted by atomic mass is 28.3. The molecule has 0 saturated carbocycles. The predicted octanol–water partition coefficient (Wildman–Crippen LogP) is 3.96. The molecule has 0 aromatic heterocycles. The minimum atomic E-state index is -1.44. The molecule has 0 radical (unpaired) electrons. The molecule has 1 unspecified atom stereocenters. The van der Waals surface area contributed by atoms with Gasteiger partial charge in [-0.1, -0.05) is 56.6 Å². The second-order valence-electron chi connectivity index (χ2n) is 4.87. The van der Waals surface area contributed by atoms with Gasteiger partial charge in [-0.05, 0) is 10.8 Å². The van der Waals surface area contributed by atoms with Gasteiger partial charge >= 0.3 is 0 Å². The number of rotatable bonds is 4. The van der Waals surface area contributed by atoms with E-state index in [0.717, 1.165) is 0 Å². The highest BCUT2D eigenvalue weighted by molar-refractivity contribution is 6.83. The second-order valence-corrected chi connectivity index (χ2v) is 9.91. The van der Waals surface area contributed by atoms with Gasteiger partial charge in [-0.25, -0.2) is 0 Å². The fraction of sp³-hybridized carbons (Fsp3) is 0.357. The first-order valence-corrected chi connectivity index (χ1v) is 8.99. The van der Waals surface area contributed by atoms with E-state index in [1.807, 2.05) is 18.2 Å². The minimum absolute atomic E-state index is 0.00497. The predicted molar refractivity (Wildman–Crippen MR) is 72.2 cm³/mol. The Kier molecular flexibility index (Phi) is 4.31. The summed E-state index contributed by atoms with van der Waals surface area (Å²) in [5, 5.41) is 1.22. The summed E-state index contributed by atoms with van der Waals surface area (Å²) in [6, 6.07) is 10.3. The van der Waals surface area contributed by atoms with Crippen LogP contribution in [0.25, 0.3) is 0 Å². The topological polar surface area (TPSA) is 9.23 Å². The molecule has 2 heteroatoms. The summed E-state index contributed by atoms with van der Waals surface area (Å²) in [4.78, 5) is 0. The van der Waals surface area contributed by atoms with Gasteiger partial charge in [0.15, 0.2) is 0 Å². The van der Waals surface area contributed by atoms with Crippen molar-refractivity contribution in [3.05, 3.63) is 53.4 Å². The molecule has 0 N–H and O–H groups in total. The molecule has 0 aliphatic heterocycles. The molecule has 1 atom stereocenters. The summed E-state index contributed by atoms with van der Waals surface area (Å²) in [6.45, 7) is 10.7. The largest absolute Gasteiger partial charge is 0.372 e. The number of hydrogen-bond acceptors (Lipinski definition) is 1. The van der Waals surface area contributed by atoms with Crippen molar-refractivity contribution in [2.24, 2.45) is 0 Å². The zero-order valence-electron chi connectivity index (χ0n) is 10.6. The lowest BCUT2D eigenvalue weighted by molar-refractivity contribution is 0.138. The molecule has 0 heterocycles. The summed E-state index contributed by atoms with van der Waals surface area (Å²) in [6.07, 6.45) is 0.00497. The summed E-state index contributed by atoms with van der Waals surface area (Å²) in [5.41, 5.74) is 4.27. The first kappa shape index (κ1) is 13.0. The van der Waals surface area contributed by atoms with Crippen LogP contribution < -0.4 is 0 Å². The zero-order valence-corrected chi connectivity index (χ0v) is 11.6. The van der Waals surface area contributed by atoms with E-state index in [-0.39, 0.29) is 6.10 Å². The number of ether oxygens (including phenoxy) is 1. The maximum Gasteiger partial charge on any atom is 0.107 e. The third-order valence-corrected chi connectivity index (χ3v) is 4.65. The molecular formula is C14H20OSi. The fourth-order valence-electron chi connectivity index (χ4n) is 1.80. The van der Waals surface area contributed by atoms with Crippen molar-refractivity contribution in [2.75, 3.05) is 7.11 Å². The van der Waals surface area contributed by atoms with Crippen LogP contribution in [0.2, 0.25) is 19.6 Å². The van der Waals surface area contributed by atoms with Gasteiger partial charge in [0.25, 0.3) is 0 Å². The van der Waals surface area contributed by atoms with E-state index in [2.05, 4.69) is 44.1 Å². The summed E-state index contributed by atoms with van der Waals surface area (Å²) in [7, 11) is 0.310. The van der Waals surface area contributed by atoms with Crippen LogP contribution in [-0.4, -0.2) is 15.2 Å². The molecule has 1 aromatic carbocycles. The molecule has 0 amide bonds. The van der Waals surface area contributed by atoms with Crippen LogP contribution in [0.3, 0.4) is 0 Å². The van der Waals surface area contributed by atoms with Crippen molar-refractivity contribution >= 4 is 8.07 Å². The average Bonchev–Trinajstić information content (AvgIpc) is 2.25. The van der Waals surface area contributed by atoms with E-state index < -0.39 is 8.07 Å².